The van der Waals surface area contributed by atoms with E-state index < -0.39 is 0 Å². The summed E-state index contributed by atoms with van der Waals surface area (Å²) in [6.45, 7) is 3.39. The van der Waals surface area contributed by atoms with Crippen molar-refractivity contribution in [3.05, 3.63) is 59.9 Å². The number of halogens is 1. The van der Waals surface area contributed by atoms with Crippen LogP contribution in [0.25, 0.3) is 11.3 Å². The molecule has 1 N–H and O–H groups in total. The molecule has 0 spiro atoms. The molecule has 3 heterocycles. The molecule has 30 heavy (non-hydrogen) atoms. The van der Waals surface area contributed by atoms with Gasteiger partial charge in [-0.1, -0.05) is 53.7 Å². The quantitative estimate of drug-likeness (QED) is 0.527. The van der Waals surface area contributed by atoms with Crippen molar-refractivity contribution in [3.8, 4) is 11.3 Å². The van der Waals surface area contributed by atoms with E-state index in [1.807, 2.05) is 31.3 Å². The number of nitrogens with zero attached hydrogens (tertiary/aromatic N) is 3. The molecule has 2 atom stereocenters. The monoisotopic (exact) mass is 442 g/mol. The lowest BCUT2D eigenvalue weighted by atomic mass is 10.1. The first-order valence-electron chi connectivity index (χ1n) is 9.92. The number of hydrogen-bond acceptors (Lipinski definition) is 5. The number of carbonyl (C=O) groups is 1. The van der Waals surface area contributed by atoms with Gasteiger partial charge in [-0.25, -0.2) is 9.97 Å². The van der Waals surface area contributed by atoms with E-state index in [0.717, 1.165) is 42.4 Å². The molecule has 1 amide bonds. The van der Waals surface area contributed by atoms with Crippen LogP contribution in [-0.4, -0.2) is 38.4 Å². The number of ether oxygens (including phenoxy) is 1. The van der Waals surface area contributed by atoms with Crippen molar-refractivity contribution in [1.82, 2.24) is 14.5 Å². The van der Waals surface area contributed by atoms with Crippen LogP contribution in [-0.2, 0) is 16.1 Å². The number of benzene rings is 1. The van der Waals surface area contributed by atoms with Gasteiger partial charge < -0.3 is 14.6 Å². The van der Waals surface area contributed by atoms with Crippen LogP contribution in [0.1, 0.15) is 19.8 Å². The fourth-order valence-corrected chi connectivity index (χ4v) is 4.36. The second-order valence-electron chi connectivity index (χ2n) is 7.15. The van der Waals surface area contributed by atoms with Crippen molar-refractivity contribution in [1.29, 1.82) is 0 Å². The summed E-state index contributed by atoms with van der Waals surface area (Å²) in [5.74, 6) is 0.340. The fraction of sp³-hybridized carbons (Fsp3) is 0.318. The molecule has 2 aromatic heterocycles. The third-order valence-electron chi connectivity index (χ3n) is 4.93. The second kappa shape index (κ2) is 9.64. The minimum absolute atomic E-state index is 0.136. The first-order chi connectivity index (χ1) is 14.6. The molecule has 0 aliphatic carbocycles. The van der Waals surface area contributed by atoms with Gasteiger partial charge >= 0.3 is 0 Å². The van der Waals surface area contributed by atoms with Crippen LogP contribution >= 0.6 is 23.4 Å². The summed E-state index contributed by atoms with van der Waals surface area (Å²) in [6.07, 6.45) is 5.67. The molecular formula is C22H23ClN4O2S. The molecule has 0 bridgehead atoms. The van der Waals surface area contributed by atoms with Gasteiger partial charge in [-0.15, -0.1) is 0 Å². The van der Waals surface area contributed by atoms with Crippen molar-refractivity contribution in [2.45, 2.75) is 42.8 Å². The molecule has 4 rings (SSSR count). The van der Waals surface area contributed by atoms with E-state index >= 15 is 0 Å². The average molecular weight is 443 g/mol. The van der Waals surface area contributed by atoms with Crippen LogP contribution in [0.4, 0.5) is 5.82 Å². The lowest BCUT2D eigenvalue weighted by Crippen LogP contribution is -2.24. The zero-order chi connectivity index (χ0) is 20.9. The summed E-state index contributed by atoms with van der Waals surface area (Å²) in [5.41, 5.74) is 2.12. The average Bonchev–Trinajstić information content (AvgIpc) is 3.41. The number of aromatic nitrogens is 3. The van der Waals surface area contributed by atoms with Crippen LogP contribution < -0.4 is 5.32 Å². The first kappa shape index (κ1) is 20.9. The topological polar surface area (TPSA) is 69.0 Å². The zero-order valence-corrected chi connectivity index (χ0v) is 18.2. The van der Waals surface area contributed by atoms with E-state index in [-0.39, 0.29) is 17.3 Å². The van der Waals surface area contributed by atoms with E-state index in [4.69, 9.17) is 16.3 Å². The Balaban J connectivity index is 1.52. The van der Waals surface area contributed by atoms with E-state index in [0.29, 0.717) is 10.8 Å². The van der Waals surface area contributed by atoms with Gasteiger partial charge in [-0.2, -0.15) is 0 Å². The van der Waals surface area contributed by atoms with E-state index in [1.165, 1.54) is 18.0 Å². The number of rotatable bonds is 7. The highest BCUT2D eigenvalue weighted by Gasteiger charge is 2.23. The van der Waals surface area contributed by atoms with Crippen molar-refractivity contribution >= 4 is 35.1 Å². The lowest BCUT2D eigenvalue weighted by Gasteiger charge is -2.17. The number of hydrogen-bond donors (Lipinski definition) is 1. The Morgan fingerprint density at radius 3 is 2.80 bits per heavy atom. The Kier molecular flexibility index (Phi) is 6.72. The number of pyridine rings is 1. The summed E-state index contributed by atoms with van der Waals surface area (Å²) in [5, 5.41) is 3.81. The van der Waals surface area contributed by atoms with Gasteiger partial charge in [0, 0.05) is 12.8 Å². The lowest BCUT2D eigenvalue weighted by molar-refractivity contribution is -0.115. The SMILES string of the molecule is C[C@H](Sc1ncc(-c2ccccc2)n1C[C@H]1CCCO1)C(=O)Nc1ccc(Cl)cn1. The predicted molar refractivity (Wildman–Crippen MR) is 120 cm³/mol. The maximum Gasteiger partial charge on any atom is 0.238 e. The molecule has 1 saturated heterocycles. The third kappa shape index (κ3) is 5.03. The summed E-state index contributed by atoms with van der Waals surface area (Å²) in [4.78, 5) is 21.4. The van der Waals surface area contributed by atoms with Crippen LogP contribution in [0, 0.1) is 0 Å². The maximum atomic E-state index is 12.7. The number of anilines is 1. The third-order valence-corrected chi connectivity index (χ3v) is 6.26. The zero-order valence-electron chi connectivity index (χ0n) is 16.6. The molecule has 0 unspecified atom stereocenters. The molecule has 1 aliphatic rings. The normalized spacial score (nSPS) is 17.1. The van der Waals surface area contributed by atoms with E-state index in [1.54, 1.807) is 12.1 Å². The minimum Gasteiger partial charge on any atom is -0.376 e. The first-order valence-corrected chi connectivity index (χ1v) is 11.2. The van der Waals surface area contributed by atoms with Crippen molar-refractivity contribution < 1.29 is 9.53 Å². The maximum absolute atomic E-state index is 12.7. The number of thioether (sulfide) groups is 1. The predicted octanol–water partition coefficient (Wildman–Crippen LogP) is 4.90. The summed E-state index contributed by atoms with van der Waals surface area (Å²) in [6, 6.07) is 13.5. The van der Waals surface area contributed by atoms with Gasteiger partial charge in [0.25, 0.3) is 0 Å². The molecule has 8 heteroatoms. The van der Waals surface area contributed by atoms with Crippen molar-refractivity contribution in [2.75, 3.05) is 11.9 Å². The molecule has 0 radical (unpaired) electrons. The molecule has 1 aliphatic heterocycles. The van der Waals surface area contributed by atoms with Gasteiger partial charge in [-0.3, -0.25) is 4.79 Å². The van der Waals surface area contributed by atoms with Gasteiger partial charge in [0.05, 0.1) is 34.8 Å². The molecule has 1 aromatic carbocycles. The summed E-state index contributed by atoms with van der Waals surface area (Å²) >= 11 is 7.29. The Morgan fingerprint density at radius 2 is 2.10 bits per heavy atom. The standard InChI is InChI=1S/C22H23ClN4O2S/c1-15(21(28)26-20-10-9-17(23)12-24-20)30-22-25-13-19(16-6-3-2-4-7-16)27(22)14-18-8-5-11-29-18/h2-4,6-7,9-10,12-13,15,18H,5,8,11,14H2,1H3,(H,24,26,28)/t15-,18+/m0/s1. The van der Waals surface area contributed by atoms with Gasteiger partial charge in [0.15, 0.2) is 5.16 Å². The Hall–Kier alpha value is -2.35. The highest BCUT2D eigenvalue weighted by atomic mass is 35.5. The second-order valence-corrected chi connectivity index (χ2v) is 8.89. The smallest absolute Gasteiger partial charge is 0.238 e. The van der Waals surface area contributed by atoms with Crippen LogP contribution in [0.2, 0.25) is 5.02 Å². The Labute approximate surface area is 185 Å². The van der Waals surface area contributed by atoms with Crippen molar-refractivity contribution in [2.24, 2.45) is 0 Å². The van der Waals surface area contributed by atoms with Gasteiger partial charge in [0.1, 0.15) is 5.82 Å². The minimum atomic E-state index is -0.350. The Bertz CT molecular complexity index is 988. The summed E-state index contributed by atoms with van der Waals surface area (Å²) < 4.78 is 8.02. The van der Waals surface area contributed by atoms with Gasteiger partial charge in [0.2, 0.25) is 5.91 Å². The molecule has 6 nitrogen and oxygen atoms in total. The highest BCUT2D eigenvalue weighted by molar-refractivity contribution is 8.00. The van der Waals surface area contributed by atoms with E-state index in [2.05, 4.69) is 32.0 Å². The number of imidazole rings is 1. The Morgan fingerprint density at radius 1 is 1.27 bits per heavy atom. The van der Waals surface area contributed by atoms with Crippen LogP contribution in [0.5, 0.6) is 0 Å². The van der Waals surface area contributed by atoms with E-state index in [9.17, 15) is 4.79 Å². The van der Waals surface area contributed by atoms with Crippen molar-refractivity contribution in [3.63, 3.8) is 0 Å². The molecule has 0 saturated carbocycles. The summed E-state index contributed by atoms with van der Waals surface area (Å²) in [7, 11) is 0. The largest absolute Gasteiger partial charge is 0.376 e. The number of nitrogens with one attached hydrogen (secondary N) is 1. The molecular weight excluding hydrogens is 420 g/mol. The molecule has 1 fully saturated rings. The fourth-order valence-electron chi connectivity index (χ4n) is 3.35. The van der Waals surface area contributed by atoms with Gasteiger partial charge in [-0.05, 0) is 37.5 Å². The molecule has 3 aromatic rings. The van der Waals surface area contributed by atoms with Crippen LogP contribution in [0.3, 0.4) is 0 Å². The highest BCUT2D eigenvalue weighted by Crippen LogP contribution is 2.30. The number of amides is 1. The van der Waals surface area contributed by atoms with Crippen LogP contribution in [0.15, 0.2) is 60.0 Å². The number of carbonyl (C=O) groups excluding carboxylic acids is 1. The molecule has 156 valence electrons.